The molecule has 0 bridgehead atoms. The maximum absolute atomic E-state index is 12.5. The Morgan fingerprint density at radius 1 is 1.42 bits per heavy atom. The Morgan fingerprint density at radius 2 is 2.25 bits per heavy atom. The molecule has 0 spiro atoms. The van der Waals surface area contributed by atoms with Crippen LogP contribution in [0.2, 0.25) is 0 Å². The minimum absolute atomic E-state index is 0.0193. The monoisotopic (exact) mass is 345 g/mol. The lowest BCUT2D eigenvalue weighted by Crippen LogP contribution is -2.42. The first-order valence-electron chi connectivity index (χ1n) is 9.20. The van der Waals surface area contributed by atoms with E-state index in [2.05, 4.69) is 30.1 Å². The number of hydrogen-bond acceptors (Lipinski definition) is 4. The van der Waals surface area contributed by atoms with E-state index in [4.69, 9.17) is 0 Å². The van der Waals surface area contributed by atoms with Crippen molar-refractivity contribution in [1.82, 2.24) is 4.90 Å². The smallest absolute Gasteiger partial charge is 0.239 e. The minimum Gasteiger partial charge on any atom is -0.315 e. The maximum atomic E-state index is 12.5. The van der Waals surface area contributed by atoms with Gasteiger partial charge in [-0.2, -0.15) is 5.26 Å². The number of carbonyl (C=O) groups excluding carboxylic acids is 1. The van der Waals surface area contributed by atoms with Crippen molar-refractivity contribution in [1.29, 1.82) is 5.26 Å². The number of rotatable bonds is 4. The van der Waals surface area contributed by atoms with E-state index in [0.29, 0.717) is 18.2 Å². The molecule has 1 fully saturated rings. The van der Waals surface area contributed by atoms with Gasteiger partial charge in [0.15, 0.2) is 0 Å². The highest BCUT2D eigenvalue weighted by Crippen LogP contribution is 2.40. The first-order chi connectivity index (χ1) is 11.6. The average molecular weight is 346 g/mol. The van der Waals surface area contributed by atoms with Crippen LogP contribution in [-0.2, 0) is 17.6 Å². The van der Waals surface area contributed by atoms with Gasteiger partial charge in [0.05, 0.1) is 12.1 Å². The van der Waals surface area contributed by atoms with Gasteiger partial charge in [-0.15, -0.1) is 11.3 Å². The van der Waals surface area contributed by atoms with Gasteiger partial charge in [0, 0.05) is 10.9 Å². The molecule has 2 aliphatic rings. The van der Waals surface area contributed by atoms with Crippen molar-refractivity contribution in [2.24, 2.45) is 5.92 Å². The maximum Gasteiger partial charge on any atom is 0.239 e. The molecule has 1 amide bonds. The molecule has 2 heterocycles. The SMILES string of the molecule is CCC1CCc2c(sc(NC(=O)CN3CCCCC3C)c2C#N)C1. The van der Waals surface area contributed by atoms with Gasteiger partial charge in [0.1, 0.15) is 11.1 Å². The van der Waals surface area contributed by atoms with Crippen molar-refractivity contribution < 1.29 is 4.79 Å². The molecule has 4 nitrogen and oxygen atoms in total. The largest absolute Gasteiger partial charge is 0.315 e. The molecule has 2 unspecified atom stereocenters. The molecule has 130 valence electrons. The third-order valence-corrected chi connectivity index (χ3v) is 6.77. The average Bonchev–Trinajstić information content (AvgIpc) is 2.92. The van der Waals surface area contributed by atoms with Crippen molar-refractivity contribution in [2.75, 3.05) is 18.4 Å². The molecule has 0 saturated carbocycles. The van der Waals surface area contributed by atoms with Crippen molar-refractivity contribution in [3.05, 3.63) is 16.0 Å². The van der Waals surface area contributed by atoms with Gasteiger partial charge in [-0.05, 0) is 57.1 Å². The van der Waals surface area contributed by atoms with Crippen LogP contribution in [0.1, 0.15) is 62.0 Å². The second-order valence-corrected chi connectivity index (χ2v) is 8.31. The van der Waals surface area contributed by atoms with Crippen LogP contribution in [0.15, 0.2) is 0 Å². The Kier molecular flexibility index (Phi) is 5.57. The molecule has 2 atom stereocenters. The van der Waals surface area contributed by atoms with Crippen LogP contribution in [0, 0.1) is 17.2 Å². The number of nitrogens with zero attached hydrogens (tertiary/aromatic N) is 2. The summed E-state index contributed by atoms with van der Waals surface area (Å²) in [6.45, 7) is 5.86. The Morgan fingerprint density at radius 3 is 2.96 bits per heavy atom. The lowest BCUT2D eigenvalue weighted by atomic mass is 9.86. The summed E-state index contributed by atoms with van der Waals surface area (Å²) in [5.41, 5.74) is 1.90. The summed E-state index contributed by atoms with van der Waals surface area (Å²) in [7, 11) is 0. The van der Waals surface area contributed by atoms with E-state index in [0.717, 1.165) is 36.7 Å². The summed E-state index contributed by atoms with van der Waals surface area (Å²) in [5.74, 6) is 0.742. The molecule has 0 radical (unpaired) electrons. The summed E-state index contributed by atoms with van der Waals surface area (Å²) >= 11 is 1.62. The second-order valence-electron chi connectivity index (χ2n) is 7.20. The first-order valence-corrected chi connectivity index (χ1v) is 10.0. The number of thiophene rings is 1. The van der Waals surface area contributed by atoms with Gasteiger partial charge in [0.25, 0.3) is 0 Å². The molecular formula is C19H27N3OS. The predicted octanol–water partition coefficient (Wildman–Crippen LogP) is 3.95. The Balaban J connectivity index is 1.70. The Bertz CT molecular complexity index is 646. The van der Waals surface area contributed by atoms with Gasteiger partial charge in [0.2, 0.25) is 5.91 Å². The van der Waals surface area contributed by atoms with Gasteiger partial charge in [-0.1, -0.05) is 19.8 Å². The lowest BCUT2D eigenvalue weighted by molar-refractivity contribution is -0.118. The van der Waals surface area contributed by atoms with E-state index >= 15 is 0 Å². The number of fused-ring (bicyclic) bond motifs is 1. The molecule has 3 rings (SSSR count). The summed E-state index contributed by atoms with van der Waals surface area (Å²) in [6.07, 6.45) is 7.99. The third kappa shape index (κ3) is 3.65. The Labute approximate surface area is 148 Å². The third-order valence-electron chi connectivity index (χ3n) is 5.60. The van der Waals surface area contributed by atoms with Crippen LogP contribution in [-0.4, -0.2) is 29.9 Å². The van der Waals surface area contributed by atoms with E-state index in [9.17, 15) is 10.1 Å². The van der Waals surface area contributed by atoms with Crippen LogP contribution in [0.3, 0.4) is 0 Å². The number of hydrogen-bond donors (Lipinski definition) is 1. The normalized spacial score (nSPS) is 24.2. The zero-order chi connectivity index (χ0) is 17.1. The first kappa shape index (κ1) is 17.4. The fraction of sp³-hybridized carbons (Fsp3) is 0.684. The molecule has 24 heavy (non-hydrogen) atoms. The molecule has 1 N–H and O–H groups in total. The summed E-state index contributed by atoms with van der Waals surface area (Å²) in [5, 5.41) is 13.4. The van der Waals surface area contributed by atoms with Crippen molar-refractivity contribution >= 4 is 22.2 Å². The number of amides is 1. The fourth-order valence-corrected chi connectivity index (χ4v) is 5.28. The molecule has 1 saturated heterocycles. The topological polar surface area (TPSA) is 56.1 Å². The number of nitriles is 1. The van der Waals surface area contributed by atoms with Crippen LogP contribution >= 0.6 is 11.3 Å². The Hall–Kier alpha value is -1.38. The summed E-state index contributed by atoms with van der Waals surface area (Å²) in [4.78, 5) is 16.0. The highest BCUT2D eigenvalue weighted by molar-refractivity contribution is 7.16. The van der Waals surface area contributed by atoms with Crippen LogP contribution < -0.4 is 5.32 Å². The number of piperidine rings is 1. The summed E-state index contributed by atoms with van der Waals surface area (Å²) < 4.78 is 0. The predicted molar refractivity (Wildman–Crippen MR) is 98.4 cm³/mol. The van der Waals surface area contributed by atoms with Gasteiger partial charge in [-0.3, -0.25) is 9.69 Å². The zero-order valence-corrected chi connectivity index (χ0v) is 15.5. The highest BCUT2D eigenvalue weighted by atomic mass is 32.1. The van der Waals surface area contributed by atoms with Crippen LogP contribution in [0.25, 0.3) is 0 Å². The lowest BCUT2D eigenvalue weighted by Gasteiger charge is -2.32. The van der Waals surface area contributed by atoms with Crippen molar-refractivity contribution in [3.63, 3.8) is 0 Å². The molecule has 1 aliphatic carbocycles. The minimum atomic E-state index is 0.0193. The van der Waals surface area contributed by atoms with E-state index in [1.165, 1.54) is 36.1 Å². The molecule has 1 aliphatic heterocycles. The molecule has 0 aromatic carbocycles. The fourth-order valence-electron chi connectivity index (χ4n) is 3.95. The van der Waals surface area contributed by atoms with E-state index < -0.39 is 0 Å². The molecule has 1 aromatic rings. The summed E-state index contributed by atoms with van der Waals surface area (Å²) in [6, 6.07) is 2.81. The van der Waals surface area contributed by atoms with Gasteiger partial charge in [-0.25, -0.2) is 0 Å². The highest BCUT2D eigenvalue weighted by Gasteiger charge is 2.26. The number of anilines is 1. The standard InChI is InChI=1S/C19H27N3OS/c1-3-14-7-8-15-16(11-20)19(24-17(15)10-14)21-18(23)12-22-9-5-4-6-13(22)2/h13-14H,3-10,12H2,1-2H3,(H,21,23). The molecule has 5 heteroatoms. The number of likely N-dealkylation sites (tertiary alicyclic amines) is 1. The van der Waals surface area contributed by atoms with Crippen molar-refractivity contribution in [3.8, 4) is 6.07 Å². The number of carbonyl (C=O) groups is 1. The molecular weight excluding hydrogens is 318 g/mol. The van der Waals surface area contributed by atoms with Gasteiger partial charge >= 0.3 is 0 Å². The quantitative estimate of drug-likeness (QED) is 0.899. The van der Waals surface area contributed by atoms with E-state index in [1.54, 1.807) is 11.3 Å². The van der Waals surface area contributed by atoms with E-state index in [1.807, 2.05) is 0 Å². The molecule has 1 aromatic heterocycles. The zero-order valence-electron chi connectivity index (χ0n) is 14.7. The number of nitrogens with one attached hydrogen (secondary N) is 1. The van der Waals surface area contributed by atoms with E-state index in [-0.39, 0.29) is 5.91 Å². The second kappa shape index (κ2) is 7.67. The van der Waals surface area contributed by atoms with Crippen LogP contribution in [0.4, 0.5) is 5.00 Å². The van der Waals surface area contributed by atoms with Crippen molar-refractivity contribution in [2.45, 2.75) is 64.8 Å². The van der Waals surface area contributed by atoms with Crippen LogP contribution in [0.5, 0.6) is 0 Å². The van der Waals surface area contributed by atoms with Gasteiger partial charge < -0.3 is 5.32 Å².